The quantitative estimate of drug-likeness (QED) is 0.497. The van der Waals surface area contributed by atoms with Crippen LogP contribution in [0.4, 0.5) is 9.93 Å². The number of fused-ring (bicyclic) bond motifs is 3. The predicted octanol–water partition coefficient (Wildman–Crippen LogP) is 4.37. The zero-order valence-electron chi connectivity index (χ0n) is 18.9. The standard InChI is InChI=1S/C25H25N3O5S/c1-3-28(15(2)23(30)31)22(29)12-16-14-34-24(26-16)27-25(32)33-13-21-19-10-6-4-8-17(19)18-9-5-7-11-20(18)21/h4-11,14-15,21H,3,12-13H2,1-2H3,(H,30,31)(H,26,27,32). The Labute approximate surface area is 201 Å². The van der Waals surface area contributed by atoms with Gasteiger partial charge in [0, 0.05) is 17.8 Å². The molecule has 0 spiro atoms. The normalized spacial score (nSPS) is 13.0. The SMILES string of the molecule is CCN(C(=O)Cc1csc(NC(=O)OCC2c3ccccc3-c3ccccc32)n1)C(C)C(=O)O. The van der Waals surface area contributed by atoms with Crippen LogP contribution in [0.3, 0.4) is 0 Å². The molecule has 8 nitrogen and oxygen atoms in total. The summed E-state index contributed by atoms with van der Waals surface area (Å²) >= 11 is 1.18. The molecule has 3 aromatic rings. The van der Waals surface area contributed by atoms with Gasteiger partial charge in [0.05, 0.1) is 12.1 Å². The number of hydrogen-bond donors (Lipinski definition) is 2. The van der Waals surface area contributed by atoms with Crippen molar-refractivity contribution in [1.29, 1.82) is 0 Å². The van der Waals surface area contributed by atoms with Gasteiger partial charge >= 0.3 is 12.1 Å². The minimum absolute atomic E-state index is 0.0427. The number of thiazole rings is 1. The molecule has 1 unspecified atom stereocenters. The van der Waals surface area contributed by atoms with Gasteiger partial charge in [-0.2, -0.15) is 0 Å². The average Bonchev–Trinajstić information content (AvgIpc) is 3.39. The second-order valence-electron chi connectivity index (χ2n) is 7.97. The van der Waals surface area contributed by atoms with E-state index in [1.165, 1.54) is 23.2 Å². The number of aromatic nitrogens is 1. The van der Waals surface area contributed by atoms with Gasteiger partial charge in [0.1, 0.15) is 12.6 Å². The van der Waals surface area contributed by atoms with Crippen LogP contribution in [-0.2, 0) is 20.7 Å². The number of ether oxygens (including phenoxy) is 1. The Morgan fingerprint density at radius 2 is 1.74 bits per heavy atom. The van der Waals surface area contributed by atoms with E-state index >= 15 is 0 Å². The zero-order valence-corrected chi connectivity index (χ0v) is 19.7. The minimum Gasteiger partial charge on any atom is -0.480 e. The van der Waals surface area contributed by atoms with Gasteiger partial charge in [0.15, 0.2) is 5.13 Å². The van der Waals surface area contributed by atoms with E-state index < -0.39 is 18.1 Å². The molecule has 1 heterocycles. The van der Waals surface area contributed by atoms with E-state index in [0.717, 1.165) is 22.3 Å². The molecule has 2 amide bonds. The lowest BCUT2D eigenvalue weighted by Crippen LogP contribution is -2.43. The topological polar surface area (TPSA) is 109 Å². The number of carboxylic acid groups (broad SMARTS) is 1. The lowest BCUT2D eigenvalue weighted by molar-refractivity contribution is -0.149. The Balaban J connectivity index is 1.35. The van der Waals surface area contributed by atoms with Crippen LogP contribution < -0.4 is 5.32 Å². The summed E-state index contributed by atoms with van der Waals surface area (Å²) in [6.45, 7) is 3.66. The molecule has 4 rings (SSSR count). The summed E-state index contributed by atoms with van der Waals surface area (Å²) < 4.78 is 5.52. The number of nitrogens with one attached hydrogen (secondary N) is 1. The number of carbonyl (C=O) groups excluding carboxylic acids is 2. The molecule has 1 atom stereocenters. The van der Waals surface area contributed by atoms with Crippen LogP contribution in [0.1, 0.15) is 36.6 Å². The summed E-state index contributed by atoms with van der Waals surface area (Å²) in [6, 6.07) is 15.3. The van der Waals surface area contributed by atoms with Crippen molar-refractivity contribution in [3.05, 3.63) is 70.7 Å². The molecule has 34 heavy (non-hydrogen) atoms. The van der Waals surface area contributed by atoms with Crippen LogP contribution in [0, 0.1) is 0 Å². The van der Waals surface area contributed by atoms with Crippen molar-refractivity contribution in [3.63, 3.8) is 0 Å². The van der Waals surface area contributed by atoms with Crippen LogP contribution in [0.25, 0.3) is 11.1 Å². The molecular weight excluding hydrogens is 454 g/mol. The first-order valence-electron chi connectivity index (χ1n) is 11.0. The molecule has 176 valence electrons. The first-order valence-corrected chi connectivity index (χ1v) is 11.9. The summed E-state index contributed by atoms with van der Waals surface area (Å²) in [5.41, 5.74) is 5.02. The van der Waals surface area contributed by atoms with E-state index in [1.54, 1.807) is 12.3 Å². The highest BCUT2D eigenvalue weighted by molar-refractivity contribution is 7.13. The first kappa shape index (κ1) is 23.4. The third-order valence-electron chi connectivity index (χ3n) is 5.92. The van der Waals surface area contributed by atoms with E-state index in [1.807, 2.05) is 24.3 Å². The monoisotopic (exact) mass is 479 g/mol. The Bertz CT molecular complexity index is 1180. The van der Waals surface area contributed by atoms with Crippen LogP contribution in [0.15, 0.2) is 53.9 Å². The van der Waals surface area contributed by atoms with Gasteiger partial charge in [-0.15, -0.1) is 11.3 Å². The van der Waals surface area contributed by atoms with E-state index in [0.29, 0.717) is 10.8 Å². The van der Waals surface area contributed by atoms with Crippen molar-refractivity contribution in [2.75, 3.05) is 18.5 Å². The molecule has 1 aliphatic carbocycles. The van der Waals surface area contributed by atoms with Crippen LogP contribution in [-0.4, -0.2) is 52.2 Å². The van der Waals surface area contributed by atoms with Gasteiger partial charge < -0.3 is 14.7 Å². The number of amides is 2. The molecule has 0 saturated carbocycles. The first-order chi connectivity index (χ1) is 16.4. The fraction of sp³-hybridized carbons (Fsp3) is 0.280. The van der Waals surface area contributed by atoms with Crippen molar-refractivity contribution in [2.45, 2.75) is 32.2 Å². The Hall–Kier alpha value is -3.72. The van der Waals surface area contributed by atoms with Crippen LogP contribution in [0.2, 0.25) is 0 Å². The molecule has 0 radical (unpaired) electrons. The third kappa shape index (κ3) is 4.79. The van der Waals surface area contributed by atoms with E-state index in [9.17, 15) is 19.5 Å². The van der Waals surface area contributed by atoms with Gasteiger partial charge in [0.2, 0.25) is 5.91 Å². The number of benzene rings is 2. The van der Waals surface area contributed by atoms with Crippen molar-refractivity contribution in [2.24, 2.45) is 0 Å². The fourth-order valence-electron chi connectivity index (χ4n) is 4.22. The van der Waals surface area contributed by atoms with Crippen molar-refractivity contribution >= 4 is 34.4 Å². The second-order valence-corrected chi connectivity index (χ2v) is 8.82. The molecule has 2 N–H and O–H groups in total. The lowest BCUT2D eigenvalue weighted by Gasteiger charge is -2.24. The third-order valence-corrected chi connectivity index (χ3v) is 6.73. The molecule has 0 bridgehead atoms. The van der Waals surface area contributed by atoms with Crippen LogP contribution in [0.5, 0.6) is 0 Å². The number of nitrogens with zero attached hydrogens (tertiary/aromatic N) is 2. The molecule has 9 heteroatoms. The molecule has 0 fully saturated rings. The maximum absolute atomic E-state index is 12.5. The molecule has 2 aromatic carbocycles. The highest BCUT2D eigenvalue weighted by Gasteiger charge is 2.29. The van der Waals surface area contributed by atoms with E-state index in [4.69, 9.17) is 4.74 Å². The molecule has 1 aromatic heterocycles. The minimum atomic E-state index is -1.06. The Kier molecular flexibility index (Phi) is 6.93. The smallest absolute Gasteiger partial charge is 0.413 e. The maximum Gasteiger partial charge on any atom is 0.413 e. The highest BCUT2D eigenvalue weighted by atomic mass is 32.1. The average molecular weight is 480 g/mol. The number of carbonyl (C=O) groups is 3. The summed E-state index contributed by atoms with van der Waals surface area (Å²) in [6.07, 6.45) is -0.669. The van der Waals surface area contributed by atoms with Crippen molar-refractivity contribution in [1.82, 2.24) is 9.88 Å². The van der Waals surface area contributed by atoms with E-state index in [2.05, 4.69) is 34.6 Å². The van der Waals surface area contributed by atoms with Gasteiger partial charge in [-0.25, -0.2) is 14.6 Å². The second kappa shape index (κ2) is 10.0. The molecule has 0 aliphatic heterocycles. The Morgan fingerprint density at radius 1 is 1.12 bits per heavy atom. The van der Waals surface area contributed by atoms with Gasteiger partial charge in [-0.3, -0.25) is 10.1 Å². The molecular formula is C25H25N3O5S. The van der Waals surface area contributed by atoms with Crippen molar-refractivity contribution < 1.29 is 24.2 Å². The number of anilines is 1. The fourth-order valence-corrected chi connectivity index (χ4v) is 4.92. The zero-order chi connectivity index (χ0) is 24.2. The summed E-state index contributed by atoms with van der Waals surface area (Å²) in [5, 5.41) is 13.8. The highest BCUT2D eigenvalue weighted by Crippen LogP contribution is 2.44. The Morgan fingerprint density at radius 3 is 2.32 bits per heavy atom. The van der Waals surface area contributed by atoms with Crippen LogP contribution >= 0.6 is 11.3 Å². The summed E-state index contributed by atoms with van der Waals surface area (Å²) in [7, 11) is 0. The van der Waals surface area contributed by atoms with Gasteiger partial charge in [0.25, 0.3) is 0 Å². The number of rotatable bonds is 8. The molecule has 1 aliphatic rings. The predicted molar refractivity (Wildman–Crippen MR) is 129 cm³/mol. The lowest BCUT2D eigenvalue weighted by atomic mass is 9.98. The number of likely N-dealkylation sites (N-methyl/N-ethyl adjacent to an activating group) is 1. The number of aliphatic carboxylic acids is 1. The molecule has 0 saturated heterocycles. The maximum atomic E-state index is 12.5. The van der Waals surface area contributed by atoms with E-state index in [-0.39, 0.29) is 31.4 Å². The number of carboxylic acids is 1. The summed E-state index contributed by atoms with van der Waals surface area (Å²) in [4.78, 5) is 41.7. The number of hydrogen-bond acceptors (Lipinski definition) is 6. The summed E-state index contributed by atoms with van der Waals surface area (Å²) in [5.74, 6) is -1.44. The van der Waals surface area contributed by atoms with Gasteiger partial charge in [-0.05, 0) is 36.1 Å². The van der Waals surface area contributed by atoms with Gasteiger partial charge in [-0.1, -0.05) is 48.5 Å². The van der Waals surface area contributed by atoms with Crippen molar-refractivity contribution in [3.8, 4) is 11.1 Å². The largest absolute Gasteiger partial charge is 0.480 e.